The number of rotatable bonds is 5. The summed E-state index contributed by atoms with van der Waals surface area (Å²) in [4.78, 5) is 25.1. The molecule has 0 fully saturated rings. The minimum absolute atomic E-state index is 0.233. The van der Waals surface area contributed by atoms with E-state index < -0.39 is 0 Å². The lowest BCUT2D eigenvalue weighted by atomic mass is 10.1. The molecule has 3 rings (SSSR count). The van der Waals surface area contributed by atoms with E-state index in [0.717, 1.165) is 37.1 Å². The molecule has 0 aliphatic rings. The van der Waals surface area contributed by atoms with Crippen molar-refractivity contribution in [1.82, 2.24) is 13.7 Å². The molecular formula is C20H25N3O2. The van der Waals surface area contributed by atoms with Crippen LogP contribution < -0.4 is 11.2 Å². The average molecular weight is 339 g/mol. The maximum Gasteiger partial charge on any atom is 0.330 e. The summed E-state index contributed by atoms with van der Waals surface area (Å²) >= 11 is 0. The van der Waals surface area contributed by atoms with Gasteiger partial charge < -0.3 is 4.57 Å². The van der Waals surface area contributed by atoms with E-state index in [2.05, 4.69) is 23.6 Å². The summed E-state index contributed by atoms with van der Waals surface area (Å²) < 4.78 is 4.88. The first-order valence-electron chi connectivity index (χ1n) is 8.81. The third-order valence-corrected chi connectivity index (χ3v) is 4.84. The van der Waals surface area contributed by atoms with Gasteiger partial charge in [0.1, 0.15) is 0 Å². The minimum atomic E-state index is -0.293. The van der Waals surface area contributed by atoms with Gasteiger partial charge in [-0.3, -0.25) is 13.9 Å². The second kappa shape index (κ2) is 6.75. The number of unbranched alkanes of at least 4 members (excludes halogenated alkanes) is 2. The second-order valence-corrected chi connectivity index (χ2v) is 6.71. The molecule has 132 valence electrons. The molecule has 5 heteroatoms. The molecule has 0 saturated heterocycles. The van der Waals surface area contributed by atoms with Crippen LogP contribution in [0, 0.1) is 6.92 Å². The van der Waals surface area contributed by atoms with E-state index >= 15 is 0 Å². The van der Waals surface area contributed by atoms with Gasteiger partial charge in [-0.05, 0) is 18.9 Å². The first-order valence-corrected chi connectivity index (χ1v) is 8.81. The van der Waals surface area contributed by atoms with Gasteiger partial charge >= 0.3 is 5.69 Å². The Morgan fingerprint density at radius 3 is 2.28 bits per heavy atom. The van der Waals surface area contributed by atoms with Crippen molar-refractivity contribution >= 4 is 10.9 Å². The fourth-order valence-corrected chi connectivity index (χ4v) is 3.32. The molecule has 0 radical (unpaired) electrons. The number of hydrogen-bond donors (Lipinski definition) is 0. The number of aromatic nitrogens is 3. The normalized spacial score (nSPS) is 11.4. The Morgan fingerprint density at radius 1 is 0.960 bits per heavy atom. The van der Waals surface area contributed by atoms with Crippen LogP contribution in [0.3, 0.4) is 0 Å². The molecule has 0 spiro atoms. The second-order valence-electron chi connectivity index (χ2n) is 6.71. The van der Waals surface area contributed by atoms with Crippen LogP contribution in [-0.2, 0) is 20.6 Å². The van der Waals surface area contributed by atoms with Gasteiger partial charge in [0.25, 0.3) is 5.56 Å². The molecule has 5 nitrogen and oxygen atoms in total. The largest absolute Gasteiger partial charge is 0.345 e. The summed E-state index contributed by atoms with van der Waals surface area (Å²) in [5, 5.41) is 0.616. The molecule has 0 saturated carbocycles. The lowest BCUT2D eigenvalue weighted by Gasteiger charge is -2.10. The fourth-order valence-electron chi connectivity index (χ4n) is 3.32. The molecule has 0 aliphatic heterocycles. The van der Waals surface area contributed by atoms with Crippen molar-refractivity contribution in [3.05, 3.63) is 56.9 Å². The summed E-state index contributed by atoms with van der Waals surface area (Å²) in [6, 6.07) is 8.20. The van der Waals surface area contributed by atoms with Crippen LogP contribution in [0.1, 0.15) is 31.7 Å². The lowest BCUT2D eigenvalue weighted by molar-refractivity contribution is 0.609. The minimum Gasteiger partial charge on any atom is -0.345 e. The summed E-state index contributed by atoms with van der Waals surface area (Å²) in [6.07, 6.45) is 5.27. The van der Waals surface area contributed by atoms with E-state index in [1.807, 2.05) is 25.3 Å². The Morgan fingerprint density at radius 2 is 1.64 bits per heavy atom. The quantitative estimate of drug-likeness (QED) is 0.670. The molecule has 0 unspecified atom stereocenters. The highest BCUT2D eigenvalue weighted by Gasteiger charge is 2.19. The Bertz CT molecular complexity index is 1020. The third kappa shape index (κ3) is 2.95. The number of nitrogens with zero attached hydrogens (tertiary/aromatic N) is 3. The first kappa shape index (κ1) is 17.3. The molecular weight excluding hydrogens is 314 g/mol. The number of hydrogen-bond acceptors (Lipinski definition) is 2. The van der Waals surface area contributed by atoms with E-state index in [-0.39, 0.29) is 11.2 Å². The van der Waals surface area contributed by atoms with Gasteiger partial charge in [0.05, 0.1) is 16.6 Å². The van der Waals surface area contributed by atoms with Gasteiger partial charge in [-0.2, -0.15) is 0 Å². The molecule has 2 aromatic heterocycles. The highest BCUT2D eigenvalue weighted by Crippen LogP contribution is 2.28. The van der Waals surface area contributed by atoms with Crippen molar-refractivity contribution in [3.63, 3.8) is 0 Å². The molecule has 3 aromatic rings. The predicted octanol–water partition coefficient (Wildman–Crippen LogP) is 3.20. The van der Waals surface area contributed by atoms with Crippen molar-refractivity contribution in [3.8, 4) is 11.3 Å². The lowest BCUT2D eigenvalue weighted by Crippen LogP contribution is -2.36. The Labute approximate surface area is 147 Å². The maximum atomic E-state index is 12.8. The van der Waals surface area contributed by atoms with E-state index in [0.29, 0.717) is 10.9 Å². The fraction of sp³-hybridized carbons (Fsp3) is 0.400. The highest BCUT2D eigenvalue weighted by molar-refractivity contribution is 5.93. The van der Waals surface area contributed by atoms with Crippen LogP contribution >= 0.6 is 0 Å². The number of benzene rings is 1. The predicted molar refractivity (Wildman–Crippen MR) is 102 cm³/mol. The topological polar surface area (TPSA) is 48.9 Å². The van der Waals surface area contributed by atoms with E-state index in [9.17, 15) is 9.59 Å². The SMILES string of the molecule is CCCCCn1cc2c(c1-c1ccc(C)cc1)c(=O)n(C)c(=O)n2C. The molecule has 25 heavy (non-hydrogen) atoms. The zero-order chi connectivity index (χ0) is 18.1. The van der Waals surface area contributed by atoms with Gasteiger partial charge in [0.2, 0.25) is 0 Å². The third-order valence-electron chi connectivity index (χ3n) is 4.84. The van der Waals surface area contributed by atoms with Crippen molar-refractivity contribution in [2.24, 2.45) is 14.1 Å². The van der Waals surface area contributed by atoms with E-state index in [4.69, 9.17) is 0 Å². The number of aryl methyl sites for hydroxylation is 3. The molecule has 0 bridgehead atoms. The van der Waals surface area contributed by atoms with Crippen LogP contribution in [0.5, 0.6) is 0 Å². The Hall–Kier alpha value is -2.56. The molecule has 1 aromatic carbocycles. The smallest absolute Gasteiger partial charge is 0.330 e. The van der Waals surface area contributed by atoms with Gasteiger partial charge in [-0.1, -0.05) is 49.6 Å². The first-order chi connectivity index (χ1) is 12.0. The summed E-state index contributed by atoms with van der Waals surface area (Å²) in [7, 11) is 3.26. The van der Waals surface area contributed by atoms with Gasteiger partial charge in [0, 0.05) is 26.8 Å². The van der Waals surface area contributed by atoms with Crippen LogP contribution in [-0.4, -0.2) is 13.7 Å². The molecule has 0 N–H and O–H groups in total. The molecule has 2 heterocycles. The van der Waals surface area contributed by atoms with Gasteiger partial charge in [0.15, 0.2) is 0 Å². The van der Waals surface area contributed by atoms with Gasteiger partial charge in [-0.25, -0.2) is 4.79 Å². The monoisotopic (exact) mass is 339 g/mol. The van der Waals surface area contributed by atoms with Crippen molar-refractivity contribution in [2.45, 2.75) is 39.7 Å². The summed E-state index contributed by atoms with van der Waals surface area (Å²) in [5.74, 6) is 0. The zero-order valence-corrected chi connectivity index (χ0v) is 15.4. The van der Waals surface area contributed by atoms with E-state index in [1.165, 1.54) is 17.2 Å². The summed E-state index contributed by atoms with van der Waals surface area (Å²) in [5.41, 5.74) is 3.26. The average Bonchev–Trinajstić information content (AvgIpc) is 2.99. The maximum absolute atomic E-state index is 12.8. The van der Waals surface area contributed by atoms with Crippen LogP contribution in [0.2, 0.25) is 0 Å². The zero-order valence-electron chi connectivity index (χ0n) is 15.4. The van der Waals surface area contributed by atoms with Crippen LogP contribution in [0.15, 0.2) is 40.1 Å². The standard InChI is InChI=1S/C20H25N3O2/c1-5-6-7-12-23-13-16-17(19(24)22(4)20(25)21(16)3)18(23)15-10-8-14(2)9-11-15/h8-11,13H,5-7,12H2,1-4H3. The Balaban J connectivity index is 2.33. The van der Waals surface area contributed by atoms with Gasteiger partial charge in [-0.15, -0.1) is 0 Å². The highest BCUT2D eigenvalue weighted by atomic mass is 16.2. The number of fused-ring (bicyclic) bond motifs is 1. The van der Waals surface area contributed by atoms with Crippen molar-refractivity contribution < 1.29 is 0 Å². The molecule has 0 amide bonds. The summed E-state index contributed by atoms with van der Waals surface area (Å²) in [6.45, 7) is 5.06. The molecule has 0 aliphatic carbocycles. The van der Waals surface area contributed by atoms with Crippen molar-refractivity contribution in [2.75, 3.05) is 0 Å². The molecule has 0 atom stereocenters. The van der Waals surface area contributed by atoms with Crippen molar-refractivity contribution in [1.29, 1.82) is 0 Å². The Kier molecular flexibility index (Phi) is 4.66. The van der Waals surface area contributed by atoms with Crippen LogP contribution in [0.25, 0.3) is 22.2 Å². The van der Waals surface area contributed by atoms with E-state index in [1.54, 1.807) is 11.6 Å². The van der Waals surface area contributed by atoms with Crippen LogP contribution in [0.4, 0.5) is 0 Å².